The Morgan fingerprint density at radius 1 is 1.64 bits per heavy atom. The predicted molar refractivity (Wildman–Crippen MR) is 57.5 cm³/mol. The Kier molecular flexibility index (Phi) is 3.27. The zero-order valence-corrected chi connectivity index (χ0v) is 9.37. The summed E-state index contributed by atoms with van der Waals surface area (Å²) in [5.74, 6) is 0. The molecule has 1 unspecified atom stereocenters. The van der Waals surface area contributed by atoms with Gasteiger partial charge in [-0.25, -0.2) is 0 Å². The Morgan fingerprint density at radius 2 is 2.29 bits per heavy atom. The summed E-state index contributed by atoms with van der Waals surface area (Å²) in [6.45, 7) is 1.59. The maximum Gasteiger partial charge on any atom is 0.0992 e. The molecule has 0 radical (unpaired) electrons. The number of nitriles is 1. The van der Waals surface area contributed by atoms with Crippen LogP contribution in [0, 0.1) is 11.3 Å². The van der Waals surface area contributed by atoms with E-state index in [-0.39, 0.29) is 6.61 Å². The minimum absolute atomic E-state index is 0.141. The van der Waals surface area contributed by atoms with E-state index in [0.717, 1.165) is 10.0 Å². The van der Waals surface area contributed by atoms with Crippen molar-refractivity contribution in [1.29, 1.82) is 5.26 Å². The maximum absolute atomic E-state index is 9.09. The van der Waals surface area contributed by atoms with Gasteiger partial charge in [-0.1, -0.05) is 22.0 Å². The first-order valence-corrected chi connectivity index (χ1v) is 4.90. The molecule has 0 aliphatic rings. The molecule has 0 fully saturated rings. The van der Waals surface area contributed by atoms with E-state index in [1.54, 1.807) is 25.1 Å². The third-order valence-electron chi connectivity index (χ3n) is 2.04. The Morgan fingerprint density at radius 3 is 2.71 bits per heavy atom. The zero-order valence-electron chi connectivity index (χ0n) is 7.79. The fourth-order valence-corrected chi connectivity index (χ4v) is 1.96. The van der Waals surface area contributed by atoms with Gasteiger partial charge in [-0.05, 0) is 24.6 Å². The highest BCUT2D eigenvalue weighted by Gasteiger charge is 2.22. The van der Waals surface area contributed by atoms with Crippen molar-refractivity contribution >= 4 is 15.9 Å². The van der Waals surface area contributed by atoms with Crippen LogP contribution in [-0.4, -0.2) is 11.7 Å². The fourth-order valence-electron chi connectivity index (χ4n) is 1.13. The number of nitrogens with zero attached hydrogens (tertiary/aromatic N) is 1. The van der Waals surface area contributed by atoms with Gasteiger partial charge < -0.3 is 10.8 Å². The molecule has 0 bridgehead atoms. The van der Waals surface area contributed by atoms with E-state index in [9.17, 15) is 0 Å². The lowest BCUT2D eigenvalue weighted by molar-refractivity contribution is 0.209. The van der Waals surface area contributed by atoms with Gasteiger partial charge in [-0.3, -0.25) is 0 Å². The molecule has 0 aromatic heterocycles. The molecule has 1 aromatic rings. The molecule has 14 heavy (non-hydrogen) atoms. The molecule has 1 rings (SSSR count). The fraction of sp³-hybridized carbons (Fsp3) is 0.300. The summed E-state index contributed by atoms with van der Waals surface area (Å²) < 4.78 is 0.746. The summed E-state index contributed by atoms with van der Waals surface area (Å²) in [5, 5.41) is 17.7. The molecule has 0 saturated carbocycles. The second-order valence-electron chi connectivity index (χ2n) is 3.38. The van der Waals surface area contributed by atoms with Crippen molar-refractivity contribution in [3.05, 3.63) is 33.8 Å². The SMILES string of the molecule is CC(N)(CO)c1ccc(C#N)cc1Br. The van der Waals surface area contributed by atoms with Gasteiger partial charge in [0, 0.05) is 4.47 Å². The molecule has 4 heteroatoms. The summed E-state index contributed by atoms with van der Waals surface area (Å²) in [4.78, 5) is 0. The molecular formula is C10H11BrN2O. The van der Waals surface area contributed by atoms with Crippen LogP contribution in [0.25, 0.3) is 0 Å². The van der Waals surface area contributed by atoms with Crippen molar-refractivity contribution in [3.63, 3.8) is 0 Å². The van der Waals surface area contributed by atoms with Crippen molar-refractivity contribution in [2.24, 2.45) is 5.73 Å². The van der Waals surface area contributed by atoms with Crippen molar-refractivity contribution in [2.45, 2.75) is 12.5 Å². The van der Waals surface area contributed by atoms with E-state index >= 15 is 0 Å². The summed E-state index contributed by atoms with van der Waals surface area (Å²) >= 11 is 3.32. The average Bonchev–Trinajstić information content (AvgIpc) is 2.17. The lowest BCUT2D eigenvalue weighted by Crippen LogP contribution is -2.37. The van der Waals surface area contributed by atoms with Crippen molar-refractivity contribution in [2.75, 3.05) is 6.61 Å². The molecule has 0 aliphatic carbocycles. The third kappa shape index (κ3) is 2.13. The molecule has 0 aliphatic heterocycles. The minimum atomic E-state index is -0.785. The van der Waals surface area contributed by atoms with Crippen LogP contribution in [0.2, 0.25) is 0 Å². The molecule has 74 valence electrons. The smallest absolute Gasteiger partial charge is 0.0992 e. The van der Waals surface area contributed by atoms with E-state index < -0.39 is 5.54 Å². The van der Waals surface area contributed by atoms with Crippen LogP contribution in [-0.2, 0) is 5.54 Å². The largest absolute Gasteiger partial charge is 0.394 e. The van der Waals surface area contributed by atoms with Gasteiger partial charge in [0.25, 0.3) is 0 Å². The lowest BCUT2D eigenvalue weighted by Gasteiger charge is -2.23. The van der Waals surface area contributed by atoms with Gasteiger partial charge in [0.1, 0.15) is 0 Å². The monoisotopic (exact) mass is 254 g/mol. The van der Waals surface area contributed by atoms with E-state index in [1.165, 1.54) is 0 Å². The lowest BCUT2D eigenvalue weighted by atomic mass is 9.93. The first-order chi connectivity index (χ1) is 6.51. The molecule has 0 spiro atoms. The second-order valence-corrected chi connectivity index (χ2v) is 4.24. The van der Waals surface area contributed by atoms with Crippen molar-refractivity contribution in [1.82, 2.24) is 0 Å². The van der Waals surface area contributed by atoms with Gasteiger partial charge in [-0.15, -0.1) is 0 Å². The standard InChI is InChI=1S/C10H11BrN2O/c1-10(13,6-14)8-3-2-7(5-12)4-9(8)11/h2-4,14H,6,13H2,1H3. The van der Waals surface area contributed by atoms with Gasteiger partial charge in [0.15, 0.2) is 0 Å². The highest BCUT2D eigenvalue weighted by molar-refractivity contribution is 9.10. The maximum atomic E-state index is 9.09. The molecule has 1 atom stereocenters. The predicted octanol–water partition coefficient (Wildman–Crippen LogP) is 1.49. The van der Waals surface area contributed by atoms with Crippen LogP contribution in [0.15, 0.2) is 22.7 Å². The molecule has 0 saturated heterocycles. The van der Waals surface area contributed by atoms with Crippen LogP contribution in [0.1, 0.15) is 18.1 Å². The van der Waals surface area contributed by atoms with Crippen LogP contribution in [0.4, 0.5) is 0 Å². The van der Waals surface area contributed by atoms with E-state index in [2.05, 4.69) is 15.9 Å². The first-order valence-electron chi connectivity index (χ1n) is 4.11. The Balaban J connectivity index is 3.20. The highest BCUT2D eigenvalue weighted by Crippen LogP contribution is 2.26. The molecule has 3 nitrogen and oxygen atoms in total. The summed E-state index contributed by atoms with van der Waals surface area (Å²) in [7, 11) is 0. The zero-order chi connectivity index (χ0) is 10.8. The second kappa shape index (κ2) is 4.09. The number of hydrogen-bond acceptors (Lipinski definition) is 3. The molecule has 0 amide bonds. The topological polar surface area (TPSA) is 70.0 Å². The van der Waals surface area contributed by atoms with Crippen LogP contribution in [0.5, 0.6) is 0 Å². The van der Waals surface area contributed by atoms with Crippen molar-refractivity contribution < 1.29 is 5.11 Å². The number of aliphatic hydroxyl groups excluding tert-OH is 1. The Labute approximate surface area is 91.3 Å². The van der Waals surface area contributed by atoms with Crippen LogP contribution < -0.4 is 5.73 Å². The summed E-state index contributed by atoms with van der Waals surface area (Å²) in [6.07, 6.45) is 0. The van der Waals surface area contributed by atoms with Gasteiger partial charge in [0.05, 0.1) is 23.8 Å². The minimum Gasteiger partial charge on any atom is -0.394 e. The Bertz CT molecular complexity index is 382. The summed E-state index contributed by atoms with van der Waals surface area (Å²) in [5.41, 5.74) is 6.44. The highest BCUT2D eigenvalue weighted by atomic mass is 79.9. The number of benzene rings is 1. The normalized spacial score (nSPS) is 14.5. The number of rotatable bonds is 2. The van der Waals surface area contributed by atoms with Gasteiger partial charge in [0.2, 0.25) is 0 Å². The average molecular weight is 255 g/mol. The molecule has 0 heterocycles. The van der Waals surface area contributed by atoms with Gasteiger partial charge in [-0.2, -0.15) is 5.26 Å². The van der Waals surface area contributed by atoms with Crippen LogP contribution >= 0.6 is 15.9 Å². The quantitative estimate of drug-likeness (QED) is 0.841. The number of halogens is 1. The molecular weight excluding hydrogens is 244 g/mol. The van der Waals surface area contributed by atoms with E-state index in [0.29, 0.717) is 5.56 Å². The van der Waals surface area contributed by atoms with Crippen molar-refractivity contribution in [3.8, 4) is 6.07 Å². The number of nitrogens with two attached hydrogens (primary N) is 1. The molecule has 1 aromatic carbocycles. The summed E-state index contributed by atoms with van der Waals surface area (Å²) in [6, 6.07) is 7.15. The van der Waals surface area contributed by atoms with Crippen LogP contribution in [0.3, 0.4) is 0 Å². The number of aliphatic hydroxyl groups is 1. The van der Waals surface area contributed by atoms with E-state index in [4.69, 9.17) is 16.1 Å². The van der Waals surface area contributed by atoms with Gasteiger partial charge >= 0.3 is 0 Å². The third-order valence-corrected chi connectivity index (χ3v) is 2.70. The Hall–Kier alpha value is -0.890. The first kappa shape index (κ1) is 11.2. The molecule has 3 N–H and O–H groups in total. The van der Waals surface area contributed by atoms with E-state index in [1.807, 2.05) is 6.07 Å². The number of hydrogen-bond donors (Lipinski definition) is 2.